The monoisotopic (exact) mass is 231 g/mol. The van der Waals surface area contributed by atoms with Crippen LogP contribution in [0.2, 0.25) is 0 Å². The summed E-state index contributed by atoms with van der Waals surface area (Å²) in [5, 5.41) is 3.30. The van der Waals surface area contributed by atoms with Crippen molar-refractivity contribution in [2.45, 2.75) is 26.3 Å². The van der Waals surface area contributed by atoms with Crippen LogP contribution in [0.15, 0.2) is 16.9 Å². The number of benzene rings is 1. The molecule has 0 bridgehead atoms. The number of hydrogen-bond donors (Lipinski definition) is 2. The van der Waals surface area contributed by atoms with Crippen LogP contribution in [-0.2, 0) is 0 Å². The van der Waals surface area contributed by atoms with E-state index < -0.39 is 0 Å². The molecule has 3 rings (SSSR count). The van der Waals surface area contributed by atoms with Crippen LogP contribution in [0, 0.1) is 13.8 Å². The van der Waals surface area contributed by atoms with E-state index in [4.69, 9.17) is 0 Å². The van der Waals surface area contributed by atoms with Gasteiger partial charge in [0, 0.05) is 6.54 Å². The Morgan fingerprint density at radius 2 is 2.18 bits per heavy atom. The second-order valence-electron chi connectivity index (χ2n) is 4.85. The van der Waals surface area contributed by atoms with Crippen molar-refractivity contribution in [3.05, 3.63) is 33.7 Å². The number of H-pyrrole nitrogens is 1. The van der Waals surface area contributed by atoms with Gasteiger partial charge in [-0.3, -0.25) is 4.57 Å². The number of aromatic amines is 1. The third kappa shape index (κ3) is 1.52. The lowest BCUT2D eigenvalue weighted by molar-refractivity contribution is 0.546. The molecular weight excluding hydrogens is 214 g/mol. The molecular formula is C13H17N3O. The Hall–Kier alpha value is -1.55. The molecule has 0 amide bonds. The molecule has 1 aliphatic heterocycles. The highest BCUT2D eigenvalue weighted by atomic mass is 16.1. The van der Waals surface area contributed by atoms with Crippen molar-refractivity contribution in [2.75, 3.05) is 13.1 Å². The Balaban J connectivity index is 2.28. The number of rotatable bonds is 1. The van der Waals surface area contributed by atoms with Gasteiger partial charge in [0.25, 0.3) is 0 Å². The van der Waals surface area contributed by atoms with Crippen molar-refractivity contribution in [1.82, 2.24) is 14.9 Å². The maximum atomic E-state index is 12.1. The van der Waals surface area contributed by atoms with Crippen LogP contribution in [0.3, 0.4) is 0 Å². The zero-order valence-corrected chi connectivity index (χ0v) is 10.2. The summed E-state index contributed by atoms with van der Waals surface area (Å²) >= 11 is 0. The van der Waals surface area contributed by atoms with E-state index in [1.807, 2.05) is 10.6 Å². The molecule has 1 atom stereocenters. The van der Waals surface area contributed by atoms with Gasteiger partial charge in [-0.15, -0.1) is 0 Å². The number of nitrogens with one attached hydrogen (secondary N) is 2. The smallest absolute Gasteiger partial charge is 0.315 e. The van der Waals surface area contributed by atoms with Gasteiger partial charge in [0.1, 0.15) is 0 Å². The van der Waals surface area contributed by atoms with Crippen LogP contribution >= 0.6 is 0 Å². The average Bonchev–Trinajstić information content (AvgIpc) is 2.90. The molecule has 2 N–H and O–H groups in total. The van der Waals surface area contributed by atoms with Crippen LogP contribution in [-0.4, -0.2) is 22.6 Å². The SMILES string of the molecule is Cc1ccc2c([nH]c(=O)n2C2CCNC2)c1C. The predicted octanol–water partition coefficient (Wildman–Crippen LogP) is 1.48. The van der Waals surface area contributed by atoms with Gasteiger partial charge in [-0.1, -0.05) is 6.07 Å². The average molecular weight is 231 g/mol. The zero-order valence-electron chi connectivity index (χ0n) is 10.2. The Labute approximate surface area is 99.6 Å². The van der Waals surface area contributed by atoms with E-state index in [0.717, 1.165) is 30.5 Å². The Morgan fingerprint density at radius 1 is 1.35 bits per heavy atom. The molecule has 0 spiro atoms. The first-order valence-electron chi connectivity index (χ1n) is 6.09. The van der Waals surface area contributed by atoms with Crippen LogP contribution in [0.1, 0.15) is 23.6 Å². The van der Waals surface area contributed by atoms with Gasteiger partial charge in [0.15, 0.2) is 0 Å². The van der Waals surface area contributed by atoms with E-state index in [2.05, 4.69) is 30.2 Å². The number of imidazole rings is 1. The Kier molecular flexibility index (Phi) is 2.33. The molecule has 1 aliphatic rings. The van der Waals surface area contributed by atoms with Gasteiger partial charge in [-0.05, 0) is 44.0 Å². The zero-order chi connectivity index (χ0) is 12.0. The molecule has 2 heterocycles. The van der Waals surface area contributed by atoms with Crippen molar-refractivity contribution in [3.63, 3.8) is 0 Å². The Bertz CT molecular complexity index is 617. The second kappa shape index (κ2) is 3.74. The number of aryl methyl sites for hydroxylation is 2. The van der Waals surface area contributed by atoms with E-state index in [-0.39, 0.29) is 5.69 Å². The highest BCUT2D eigenvalue weighted by Gasteiger charge is 2.21. The minimum atomic E-state index is 0.0161. The van der Waals surface area contributed by atoms with E-state index in [1.54, 1.807) is 0 Å². The van der Waals surface area contributed by atoms with E-state index in [9.17, 15) is 4.79 Å². The molecule has 0 saturated carbocycles. The summed E-state index contributed by atoms with van der Waals surface area (Å²) in [6.45, 7) is 6.01. The third-order valence-electron chi connectivity index (χ3n) is 3.82. The van der Waals surface area contributed by atoms with Crippen LogP contribution in [0.5, 0.6) is 0 Å². The summed E-state index contributed by atoms with van der Waals surface area (Å²) in [6, 6.07) is 4.43. The topological polar surface area (TPSA) is 49.8 Å². The summed E-state index contributed by atoms with van der Waals surface area (Å²) in [7, 11) is 0. The van der Waals surface area contributed by atoms with E-state index >= 15 is 0 Å². The highest BCUT2D eigenvalue weighted by Crippen LogP contribution is 2.23. The van der Waals surface area contributed by atoms with Gasteiger partial charge >= 0.3 is 5.69 Å². The fourth-order valence-electron chi connectivity index (χ4n) is 2.66. The van der Waals surface area contributed by atoms with Crippen LogP contribution < -0.4 is 11.0 Å². The van der Waals surface area contributed by atoms with E-state index in [1.165, 1.54) is 11.1 Å². The summed E-state index contributed by atoms with van der Waals surface area (Å²) in [5.74, 6) is 0. The second-order valence-corrected chi connectivity index (χ2v) is 4.85. The van der Waals surface area contributed by atoms with Crippen molar-refractivity contribution >= 4 is 11.0 Å². The quantitative estimate of drug-likeness (QED) is 0.781. The molecule has 4 heteroatoms. The lowest BCUT2D eigenvalue weighted by Gasteiger charge is -2.11. The van der Waals surface area contributed by atoms with Crippen molar-refractivity contribution in [2.24, 2.45) is 0 Å². The molecule has 1 aromatic carbocycles. The standard InChI is InChI=1S/C13H17N3O/c1-8-3-4-11-12(9(8)2)15-13(17)16(11)10-5-6-14-7-10/h3-4,10,14H,5-7H2,1-2H3,(H,15,17). The van der Waals surface area contributed by atoms with Gasteiger partial charge in [-0.2, -0.15) is 0 Å². The maximum Gasteiger partial charge on any atom is 0.326 e. The largest absolute Gasteiger partial charge is 0.326 e. The molecule has 2 aromatic rings. The molecule has 1 saturated heterocycles. The minimum absolute atomic E-state index is 0.0161. The number of fused-ring (bicyclic) bond motifs is 1. The molecule has 1 unspecified atom stereocenters. The van der Waals surface area contributed by atoms with Crippen molar-refractivity contribution in [1.29, 1.82) is 0 Å². The van der Waals surface area contributed by atoms with Gasteiger partial charge < -0.3 is 10.3 Å². The number of nitrogens with zero attached hydrogens (tertiary/aromatic N) is 1. The summed E-state index contributed by atoms with van der Waals surface area (Å²) < 4.78 is 1.90. The molecule has 17 heavy (non-hydrogen) atoms. The fraction of sp³-hybridized carbons (Fsp3) is 0.462. The van der Waals surface area contributed by atoms with Gasteiger partial charge in [0.05, 0.1) is 17.1 Å². The fourth-order valence-corrected chi connectivity index (χ4v) is 2.66. The number of hydrogen-bond acceptors (Lipinski definition) is 2. The highest BCUT2D eigenvalue weighted by molar-refractivity contribution is 5.80. The first-order chi connectivity index (χ1) is 8.18. The van der Waals surface area contributed by atoms with Crippen LogP contribution in [0.25, 0.3) is 11.0 Å². The molecule has 4 nitrogen and oxygen atoms in total. The normalized spacial score (nSPS) is 20.2. The summed E-state index contributed by atoms with van der Waals surface area (Å²) in [5.41, 5.74) is 4.43. The third-order valence-corrected chi connectivity index (χ3v) is 3.82. The summed E-state index contributed by atoms with van der Waals surface area (Å²) in [6.07, 6.45) is 1.03. The first kappa shape index (κ1) is 10.6. The summed E-state index contributed by atoms with van der Waals surface area (Å²) in [4.78, 5) is 15.1. The van der Waals surface area contributed by atoms with Gasteiger partial charge in [-0.25, -0.2) is 4.79 Å². The number of aromatic nitrogens is 2. The lowest BCUT2D eigenvalue weighted by atomic mass is 10.1. The lowest BCUT2D eigenvalue weighted by Crippen LogP contribution is -2.23. The molecule has 0 radical (unpaired) electrons. The van der Waals surface area contributed by atoms with Crippen molar-refractivity contribution < 1.29 is 0 Å². The minimum Gasteiger partial charge on any atom is -0.315 e. The van der Waals surface area contributed by atoms with Crippen molar-refractivity contribution in [3.8, 4) is 0 Å². The first-order valence-corrected chi connectivity index (χ1v) is 6.09. The van der Waals surface area contributed by atoms with Gasteiger partial charge in [0.2, 0.25) is 0 Å². The molecule has 1 aromatic heterocycles. The molecule has 1 fully saturated rings. The maximum absolute atomic E-state index is 12.1. The van der Waals surface area contributed by atoms with Crippen LogP contribution in [0.4, 0.5) is 0 Å². The molecule has 90 valence electrons. The van der Waals surface area contributed by atoms with E-state index in [0.29, 0.717) is 6.04 Å². The Morgan fingerprint density at radius 3 is 2.88 bits per heavy atom. The molecule has 0 aliphatic carbocycles. The predicted molar refractivity (Wildman–Crippen MR) is 68.6 cm³/mol.